The number of ether oxygens (including phenoxy) is 1. The Hall–Kier alpha value is -0.650. The maximum Gasteiger partial charge on any atom is 0.233 e. The Kier molecular flexibility index (Phi) is 6.47. The molecule has 1 saturated heterocycles. The van der Waals surface area contributed by atoms with Gasteiger partial charge in [-0.2, -0.15) is 0 Å². The van der Waals surface area contributed by atoms with Gasteiger partial charge in [0.2, 0.25) is 5.91 Å². The Morgan fingerprint density at radius 2 is 2.41 bits per heavy atom. The molecule has 1 aliphatic heterocycles. The van der Waals surface area contributed by atoms with Gasteiger partial charge in [-0.3, -0.25) is 9.69 Å². The van der Waals surface area contributed by atoms with Crippen molar-refractivity contribution in [2.45, 2.75) is 32.4 Å². The molecular weight excluding hydrogens is 218 g/mol. The lowest BCUT2D eigenvalue weighted by molar-refractivity contribution is -0.122. The number of carbonyl (C=O) groups is 1. The Balaban J connectivity index is 2.36. The van der Waals surface area contributed by atoms with Gasteiger partial charge in [-0.15, -0.1) is 0 Å². The van der Waals surface area contributed by atoms with Crippen molar-refractivity contribution in [1.82, 2.24) is 15.5 Å². The summed E-state index contributed by atoms with van der Waals surface area (Å²) in [5.41, 5.74) is 0. The van der Waals surface area contributed by atoms with Crippen molar-refractivity contribution in [2.75, 3.05) is 39.9 Å². The molecule has 1 rings (SSSR count). The van der Waals surface area contributed by atoms with Crippen molar-refractivity contribution in [2.24, 2.45) is 0 Å². The fourth-order valence-electron chi connectivity index (χ4n) is 2.17. The number of carbonyl (C=O) groups excluding carboxylic acids is 1. The molecule has 2 unspecified atom stereocenters. The summed E-state index contributed by atoms with van der Waals surface area (Å²) in [6.07, 6.45) is 1.02. The van der Waals surface area contributed by atoms with E-state index in [1.165, 1.54) is 0 Å². The second-order valence-corrected chi connectivity index (χ2v) is 4.55. The molecule has 1 aliphatic rings. The number of nitrogens with one attached hydrogen (secondary N) is 2. The van der Waals surface area contributed by atoms with E-state index >= 15 is 0 Å². The molecular formula is C12H25N3O2. The Labute approximate surface area is 104 Å². The molecule has 0 spiro atoms. The molecule has 0 saturated carbocycles. The summed E-state index contributed by atoms with van der Waals surface area (Å²) < 4.78 is 5.44. The molecule has 0 bridgehead atoms. The van der Waals surface area contributed by atoms with Crippen LogP contribution in [-0.4, -0.2) is 62.8 Å². The van der Waals surface area contributed by atoms with Crippen molar-refractivity contribution in [1.29, 1.82) is 0 Å². The first kappa shape index (κ1) is 14.4. The summed E-state index contributed by atoms with van der Waals surface area (Å²) in [5.74, 6) is 0.0755. The standard InChI is InChI=1S/C12H25N3O2/c1-4-15(8-12(16)13-3)10(2)7-11-9-17-6-5-14-11/h10-11,14H,4-9H2,1-3H3,(H,13,16). The zero-order valence-corrected chi connectivity index (χ0v) is 11.2. The summed E-state index contributed by atoms with van der Waals surface area (Å²) in [6.45, 7) is 8.14. The van der Waals surface area contributed by atoms with Gasteiger partial charge >= 0.3 is 0 Å². The van der Waals surface area contributed by atoms with Gasteiger partial charge in [0.1, 0.15) is 0 Å². The molecule has 1 amide bonds. The summed E-state index contributed by atoms with van der Waals surface area (Å²) in [4.78, 5) is 13.6. The highest BCUT2D eigenvalue weighted by Crippen LogP contribution is 2.08. The van der Waals surface area contributed by atoms with Crippen LogP contribution < -0.4 is 10.6 Å². The highest BCUT2D eigenvalue weighted by Gasteiger charge is 2.21. The minimum absolute atomic E-state index is 0.0755. The fraction of sp³-hybridized carbons (Fsp3) is 0.917. The average Bonchev–Trinajstić information content (AvgIpc) is 2.36. The molecule has 2 atom stereocenters. The summed E-state index contributed by atoms with van der Waals surface area (Å²) in [5, 5.41) is 6.11. The predicted octanol–water partition coefficient (Wildman–Crippen LogP) is -0.179. The number of likely N-dealkylation sites (N-methyl/N-ethyl adjacent to an activating group) is 2. The number of nitrogens with zero attached hydrogens (tertiary/aromatic N) is 1. The molecule has 0 radical (unpaired) electrons. The molecule has 2 N–H and O–H groups in total. The Morgan fingerprint density at radius 3 is 2.94 bits per heavy atom. The molecule has 5 heteroatoms. The summed E-state index contributed by atoms with van der Waals surface area (Å²) >= 11 is 0. The molecule has 100 valence electrons. The molecule has 0 aromatic heterocycles. The number of hydrogen-bond donors (Lipinski definition) is 2. The lowest BCUT2D eigenvalue weighted by Crippen LogP contribution is -2.47. The number of rotatable bonds is 6. The van der Waals surface area contributed by atoms with Crippen LogP contribution in [0.1, 0.15) is 20.3 Å². The van der Waals surface area contributed by atoms with Gasteiger partial charge in [-0.05, 0) is 19.9 Å². The third kappa shape index (κ3) is 5.02. The first-order chi connectivity index (χ1) is 8.17. The van der Waals surface area contributed by atoms with Crippen LogP contribution in [-0.2, 0) is 9.53 Å². The topological polar surface area (TPSA) is 53.6 Å². The highest BCUT2D eigenvalue weighted by molar-refractivity contribution is 5.77. The maximum atomic E-state index is 11.4. The van der Waals surface area contributed by atoms with Crippen LogP contribution in [0.25, 0.3) is 0 Å². The van der Waals surface area contributed by atoms with E-state index in [1.54, 1.807) is 7.05 Å². The Bertz CT molecular complexity index is 230. The number of morpholine rings is 1. The lowest BCUT2D eigenvalue weighted by atomic mass is 10.1. The predicted molar refractivity (Wildman–Crippen MR) is 68.0 cm³/mol. The zero-order chi connectivity index (χ0) is 12.7. The van der Waals surface area contributed by atoms with Gasteiger partial charge < -0.3 is 15.4 Å². The van der Waals surface area contributed by atoms with Gasteiger partial charge in [-0.25, -0.2) is 0 Å². The van der Waals surface area contributed by atoms with E-state index in [2.05, 4.69) is 29.4 Å². The van der Waals surface area contributed by atoms with E-state index in [4.69, 9.17) is 4.74 Å². The lowest BCUT2D eigenvalue weighted by Gasteiger charge is -2.32. The van der Waals surface area contributed by atoms with Crippen LogP contribution in [0.2, 0.25) is 0 Å². The van der Waals surface area contributed by atoms with E-state index in [1.807, 2.05) is 0 Å². The van der Waals surface area contributed by atoms with Gasteiger partial charge in [0, 0.05) is 25.7 Å². The highest BCUT2D eigenvalue weighted by atomic mass is 16.5. The van der Waals surface area contributed by atoms with Gasteiger partial charge in [0.25, 0.3) is 0 Å². The number of hydrogen-bond acceptors (Lipinski definition) is 4. The van der Waals surface area contributed by atoms with Crippen LogP contribution in [0.5, 0.6) is 0 Å². The molecule has 0 aromatic rings. The van der Waals surface area contributed by atoms with E-state index in [0.717, 1.165) is 32.7 Å². The quantitative estimate of drug-likeness (QED) is 0.679. The SMILES string of the molecule is CCN(CC(=O)NC)C(C)CC1COCCN1. The molecule has 17 heavy (non-hydrogen) atoms. The van der Waals surface area contributed by atoms with E-state index < -0.39 is 0 Å². The van der Waals surface area contributed by atoms with Crippen LogP contribution in [0, 0.1) is 0 Å². The minimum atomic E-state index is 0.0755. The van der Waals surface area contributed by atoms with Crippen LogP contribution in [0.4, 0.5) is 0 Å². The zero-order valence-electron chi connectivity index (χ0n) is 11.2. The van der Waals surface area contributed by atoms with Crippen molar-refractivity contribution < 1.29 is 9.53 Å². The largest absolute Gasteiger partial charge is 0.379 e. The summed E-state index contributed by atoms with van der Waals surface area (Å²) in [7, 11) is 1.68. The van der Waals surface area contributed by atoms with E-state index in [0.29, 0.717) is 18.6 Å². The third-order valence-corrected chi connectivity index (χ3v) is 3.28. The van der Waals surface area contributed by atoms with Crippen LogP contribution >= 0.6 is 0 Å². The number of amides is 1. The first-order valence-electron chi connectivity index (χ1n) is 6.43. The fourth-order valence-corrected chi connectivity index (χ4v) is 2.17. The molecule has 0 aromatic carbocycles. The van der Waals surface area contributed by atoms with E-state index in [9.17, 15) is 4.79 Å². The minimum Gasteiger partial charge on any atom is -0.379 e. The third-order valence-electron chi connectivity index (χ3n) is 3.28. The Morgan fingerprint density at radius 1 is 1.65 bits per heavy atom. The summed E-state index contributed by atoms with van der Waals surface area (Å²) in [6, 6.07) is 0.800. The van der Waals surface area contributed by atoms with Crippen LogP contribution in [0.15, 0.2) is 0 Å². The van der Waals surface area contributed by atoms with Gasteiger partial charge in [0.05, 0.1) is 19.8 Å². The van der Waals surface area contributed by atoms with Crippen molar-refractivity contribution >= 4 is 5.91 Å². The average molecular weight is 243 g/mol. The van der Waals surface area contributed by atoms with Gasteiger partial charge in [-0.1, -0.05) is 6.92 Å². The van der Waals surface area contributed by atoms with Crippen molar-refractivity contribution in [3.8, 4) is 0 Å². The smallest absolute Gasteiger partial charge is 0.233 e. The van der Waals surface area contributed by atoms with Crippen molar-refractivity contribution in [3.63, 3.8) is 0 Å². The monoisotopic (exact) mass is 243 g/mol. The normalized spacial score (nSPS) is 22.5. The molecule has 5 nitrogen and oxygen atoms in total. The first-order valence-corrected chi connectivity index (χ1v) is 6.43. The van der Waals surface area contributed by atoms with Crippen molar-refractivity contribution in [3.05, 3.63) is 0 Å². The van der Waals surface area contributed by atoms with Crippen LogP contribution in [0.3, 0.4) is 0 Å². The van der Waals surface area contributed by atoms with Gasteiger partial charge in [0.15, 0.2) is 0 Å². The second-order valence-electron chi connectivity index (χ2n) is 4.55. The molecule has 1 fully saturated rings. The maximum absolute atomic E-state index is 11.4. The molecule has 0 aliphatic carbocycles. The van der Waals surface area contributed by atoms with E-state index in [-0.39, 0.29) is 5.91 Å². The molecule has 1 heterocycles. The second kappa shape index (κ2) is 7.63.